The van der Waals surface area contributed by atoms with Gasteiger partial charge >= 0.3 is 5.69 Å². The summed E-state index contributed by atoms with van der Waals surface area (Å²) in [4.78, 5) is 26.1. The Morgan fingerprint density at radius 1 is 0.879 bits per heavy atom. The fourth-order valence-electron chi connectivity index (χ4n) is 3.27. The molecule has 9 heteroatoms. The second-order valence-corrected chi connectivity index (χ2v) is 7.45. The number of ether oxygens (including phenoxy) is 3. The van der Waals surface area contributed by atoms with Crippen LogP contribution >= 0.6 is 0 Å². The van der Waals surface area contributed by atoms with Crippen LogP contribution in [0.4, 0.5) is 0 Å². The molecule has 0 amide bonds. The zero-order chi connectivity index (χ0) is 23.8. The summed E-state index contributed by atoms with van der Waals surface area (Å²) in [6.45, 7) is 0.562. The minimum atomic E-state index is -0.476. The SMILES string of the molecule is COc1ccc(Cn2c(OCCCC(=N)N)cc(=O)n(Cc3ccc(OC)cc3)c2=O)cc1. The lowest BCUT2D eigenvalue weighted by Crippen LogP contribution is -2.40. The van der Waals surface area contributed by atoms with Crippen LogP contribution in [0.2, 0.25) is 0 Å². The largest absolute Gasteiger partial charge is 0.497 e. The number of hydrogen-bond donors (Lipinski definition) is 2. The Labute approximate surface area is 191 Å². The maximum Gasteiger partial charge on any atom is 0.334 e. The van der Waals surface area contributed by atoms with Crippen molar-refractivity contribution in [3.63, 3.8) is 0 Å². The van der Waals surface area contributed by atoms with Crippen LogP contribution in [0.15, 0.2) is 64.2 Å². The minimum Gasteiger partial charge on any atom is -0.497 e. The van der Waals surface area contributed by atoms with Crippen molar-refractivity contribution in [1.29, 1.82) is 5.41 Å². The first-order chi connectivity index (χ1) is 15.9. The summed E-state index contributed by atoms with van der Waals surface area (Å²) < 4.78 is 18.7. The molecule has 2 aromatic carbocycles. The van der Waals surface area contributed by atoms with Crippen LogP contribution in [0.25, 0.3) is 0 Å². The van der Waals surface area contributed by atoms with E-state index in [1.165, 1.54) is 15.2 Å². The van der Waals surface area contributed by atoms with Crippen molar-refractivity contribution in [3.05, 3.63) is 86.6 Å². The number of nitrogens with two attached hydrogens (primary N) is 1. The fourth-order valence-corrected chi connectivity index (χ4v) is 3.27. The van der Waals surface area contributed by atoms with Crippen molar-refractivity contribution in [1.82, 2.24) is 9.13 Å². The lowest BCUT2D eigenvalue weighted by Gasteiger charge is -2.16. The number of benzene rings is 2. The summed E-state index contributed by atoms with van der Waals surface area (Å²) in [6.07, 6.45) is 0.873. The monoisotopic (exact) mass is 452 g/mol. The van der Waals surface area contributed by atoms with E-state index in [1.807, 2.05) is 24.3 Å². The van der Waals surface area contributed by atoms with E-state index in [0.717, 1.165) is 11.1 Å². The number of nitrogens with one attached hydrogen (secondary N) is 1. The number of nitrogens with zero attached hydrogens (tertiary/aromatic N) is 2. The lowest BCUT2D eigenvalue weighted by molar-refractivity contribution is 0.280. The molecule has 0 unspecified atom stereocenters. The smallest absolute Gasteiger partial charge is 0.334 e. The second kappa shape index (κ2) is 11.0. The van der Waals surface area contributed by atoms with Gasteiger partial charge in [-0.05, 0) is 41.8 Å². The fraction of sp³-hybridized carbons (Fsp3) is 0.292. The van der Waals surface area contributed by atoms with Crippen molar-refractivity contribution < 1.29 is 14.2 Å². The maximum atomic E-state index is 13.3. The third kappa shape index (κ3) is 6.25. The van der Waals surface area contributed by atoms with E-state index in [0.29, 0.717) is 24.3 Å². The summed E-state index contributed by atoms with van der Waals surface area (Å²) >= 11 is 0. The molecule has 0 saturated heterocycles. The van der Waals surface area contributed by atoms with Gasteiger partial charge in [-0.3, -0.25) is 19.3 Å². The number of amidine groups is 1. The van der Waals surface area contributed by atoms with Crippen LogP contribution in [0.5, 0.6) is 17.4 Å². The van der Waals surface area contributed by atoms with Crippen LogP contribution in [0.1, 0.15) is 24.0 Å². The lowest BCUT2D eigenvalue weighted by atomic mass is 10.2. The van der Waals surface area contributed by atoms with Gasteiger partial charge in [-0.25, -0.2) is 4.79 Å². The van der Waals surface area contributed by atoms with Crippen molar-refractivity contribution in [3.8, 4) is 17.4 Å². The van der Waals surface area contributed by atoms with E-state index in [4.69, 9.17) is 25.4 Å². The molecule has 0 bridgehead atoms. The molecular formula is C24H28N4O5. The normalized spacial score (nSPS) is 10.6. The topological polar surface area (TPSA) is 122 Å². The summed E-state index contributed by atoms with van der Waals surface area (Å²) in [5.41, 5.74) is 6.10. The first kappa shape index (κ1) is 23.6. The van der Waals surface area contributed by atoms with E-state index in [9.17, 15) is 9.59 Å². The van der Waals surface area contributed by atoms with Gasteiger partial charge in [0.2, 0.25) is 5.88 Å². The second-order valence-electron chi connectivity index (χ2n) is 7.45. The molecule has 0 atom stereocenters. The highest BCUT2D eigenvalue weighted by Crippen LogP contribution is 2.15. The molecular weight excluding hydrogens is 424 g/mol. The van der Waals surface area contributed by atoms with Crippen molar-refractivity contribution >= 4 is 5.84 Å². The molecule has 1 heterocycles. The molecule has 3 rings (SSSR count). The Bertz CT molecular complexity index is 1200. The molecule has 0 aliphatic rings. The van der Waals surface area contributed by atoms with Gasteiger partial charge in [0.25, 0.3) is 5.56 Å². The molecule has 3 aromatic rings. The van der Waals surface area contributed by atoms with Gasteiger partial charge in [-0.15, -0.1) is 0 Å². The highest BCUT2D eigenvalue weighted by Gasteiger charge is 2.14. The molecule has 0 aliphatic heterocycles. The standard InChI is InChI=1S/C24H28N4O5/c1-31-19-9-5-17(6-10-19)15-27-22(29)14-23(33-13-3-4-21(25)26)28(24(27)30)16-18-7-11-20(32-2)12-8-18/h5-12,14H,3-4,13,15-16H2,1-2H3,(H3,25,26). The number of rotatable bonds is 11. The van der Waals surface area contributed by atoms with Crippen LogP contribution in [-0.4, -0.2) is 35.8 Å². The summed E-state index contributed by atoms with van der Waals surface area (Å²) in [6, 6.07) is 15.8. The third-order valence-electron chi connectivity index (χ3n) is 5.08. The first-order valence-electron chi connectivity index (χ1n) is 10.5. The van der Waals surface area contributed by atoms with Crippen LogP contribution in [0.3, 0.4) is 0 Å². The zero-order valence-corrected chi connectivity index (χ0v) is 18.7. The van der Waals surface area contributed by atoms with Crippen molar-refractivity contribution in [2.45, 2.75) is 25.9 Å². The predicted molar refractivity (Wildman–Crippen MR) is 126 cm³/mol. The van der Waals surface area contributed by atoms with Gasteiger partial charge < -0.3 is 19.9 Å². The summed E-state index contributed by atoms with van der Waals surface area (Å²) in [5, 5.41) is 7.33. The van der Waals surface area contributed by atoms with Crippen LogP contribution in [-0.2, 0) is 13.1 Å². The Hall–Kier alpha value is -4.01. The number of methoxy groups -OCH3 is 2. The molecule has 174 valence electrons. The highest BCUT2D eigenvalue weighted by molar-refractivity contribution is 5.76. The van der Waals surface area contributed by atoms with Gasteiger partial charge in [-0.1, -0.05) is 24.3 Å². The van der Waals surface area contributed by atoms with E-state index in [2.05, 4.69) is 0 Å². The minimum absolute atomic E-state index is 0.0594. The Balaban J connectivity index is 1.94. The van der Waals surface area contributed by atoms with Gasteiger partial charge in [0.1, 0.15) is 11.5 Å². The summed E-state index contributed by atoms with van der Waals surface area (Å²) in [7, 11) is 3.16. The van der Waals surface area contributed by atoms with E-state index >= 15 is 0 Å². The highest BCUT2D eigenvalue weighted by atomic mass is 16.5. The summed E-state index contributed by atoms with van der Waals surface area (Å²) in [5.74, 6) is 1.63. The third-order valence-corrected chi connectivity index (χ3v) is 5.08. The molecule has 9 nitrogen and oxygen atoms in total. The first-order valence-corrected chi connectivity index (χ1v) is 10.5. The van der Waals surface area contributed by atoms with E-state index in [-0.39, 0.29) is 31.4 Å². The van der Waals surface area contributed by atoms with E-state index < -0.39 is 11.2 Å². The quantitative estimate of drug-likeness (QED) is 0.261. The van der Waals surface area contributed by atoms with Gasteiger partial charge in [0.15, 0.2) is 0 Å². The Kier molecular flexibility index (Phi) is 7.91. The molecule has 3 N–H and O–H groups in total. The number of hydrogen-bond acceptors (Lipinski definition) is 6. The predicted octanol–water partition coefficient (Wildman–Crippen LogP) is 2.22. The molecule has 0 radical (unpaired) electrons. The molecule has 0 spiro atoms. The maximum absolute atomic E-state index is 13.3. The Morgan fingerprint density at radius 2 is 1.39 bits per heavy atom. The van der Waals surface area contributed by atoms with Crippen LogP contribution < -0.4 is 31.2 Å². The van der Waals surface area contributed by atoms with Gasteiger partial charge in [0.05, 0.1) is 45.8 Å². The molecule has 33 heavy (non-hydrogen) atoms. The van der Waals surface area contributed by atoms with E-state index in [1.54, 1.807) is 38.5 Å². The van der Waals surface area contributed by atoms with Crippen molar-refractivity contribution in [2.24, 2.45) is 5.73 Å². The van der Waals surface area contributed by atoms with Gasteiger partial charge in [-0.2, -0.15) is 0 Å². The molecule has 0 aliphatic carbocycles. The average Bonchev–Trinajstić information content (AvgIpc) is 2.82. The van der Waals surface area contributed by atoms with Crippen molar-refractivity contribution in [2.75, 3.05) is 20.8 Å². The molecule has 0 saturated carbocycles. The average molecular weight is 453 g/mol. The Morgan fingerprint density at radius 3 is 1.88 bits per heavy atom. The number of aromatic nitrogens is 2. The van der Waals surface area contributed by atoms with Crippen LogP contribution in [0, 0.1) is 5.41 Å². The zero-order valence-electron chi connectivity index (χ0n) is 18.7. The molecule has 1 aromatic heterocycles. The van der Waals surface area contributed by atoms with Gasteiger partial charge in [0, 0.05) is 6.42 Å². The molecule has 0 fully saturated rings.